The van der Waals surface area contributed by atoms with Crippen LogP contribution in [0.15, 0.2) is 0 Å². The molecule has 0 atom stereocenters. The molecule has 16 heavy (non-hydrogen) atoms. The molecule has 88 valence electrons. The molecule has 0 N–H and O–H groups in total. The summed E-state index contributed by atoms with van der Waals surface area (Å²) >= 11 is 0. The molecule has 0 aromatic heterocycles. The van der Waals surface area contributed by atoms with Crippen LogP contribution in [0.3, 0.4) is 0 Å². The SMILES string of the molecule is O=P([O-])([O-])OP(=O)([O-])[O-].O=P([O-])([O-])[O-].[Ca+2].[Ca+2]. The molecule has 0 unspecified atom stereocenters. The van der Waals surface area contributed by atoms with Crippen molar-refractivity contribution < 1.29 is 52.3 Å². The minimum Gasteiger partial charge on any atom is -0.822 e. The topological polar surface area (TPSA) is 222 Å². The molecule has 16 heteroatoms. The van der Waals surface area contributed by atoms with Gasteiger partial charge < -0.3 is 52.3 Å². The molecule has 0 aromatic rings. The van der Waals surface area contributed by atoms with Crippen LogP contribution in [0, 0.1) is 0 Å². The van der Waals surface area contributed by atoms with Gasteiger partial charge in [0.15, 0.2) is 0 Å². The molecule has 0 aromatic carbocycles. The number of hydrogen-bond acceptors (Lipinski definition) is 11. The van der Waals surface area contributed by atoms with Gasteiger partial charge in [-0.25, -0.2) is 0 Å². The number of phosphoric acid groups is 3. The Bertz CT molecular complexity index is 262. The number of hydrogen-bond donors (Lipinski definition) is 0. The standard InChI is InChI=1S/2Ca.H4O7P2.H3O4P/c;;1-8(2,3)7-9(4,5)6;1-5(2,3)4/h;;(H2,1,2,3)(H2,4,5,6);(H3,1,2,3,4)/q2*+2;;/p-7. The van der Waals surface area contributed by atoms with Crippen molar-refractivity contribution in [2.45, 2.75) is 0 Å². The van der Waals surface area contributed by atoms with Crippen molar-refractivity contribution in [2.24, 2.45) is 0 Å². The predicted octanol–water partition coefficient (Wildman–Crippen LogP) is -6.93. The summed E-state index contributed by atoms with van der Waals surface area (Å²) in [4.78, 5) is 62.9. The number of rotatable bonds is 2. The molecular weight excluding hydrogens is 349 g/mol. The zero-order valence-corrected chi connectivity index (χ0v) is 14.3. The molecule has 0 radical (unpaired) electrons. The van der Waals surface area contributed by atoms with E-state index < -0.39 is 23.5 Å². The van der Waals surface area contributed by atoms with Crippen molar-refractivity contribution in [1.82, 2.24) is 0 Å². The second-order valence-electron chi connectivity index (χ2n) is 1.42. The first kappa shape index (κ1) is 27.3. The van der Waals surface area contributed by atoms with E-state index in [0.29, 0.717) is 0 Å². The van der Waals surface area contributed by atoms with E-state index in [1.165, 1.54) is 0 Å². The molecule has 0 saturated heterocycles. The second kappa shape index (κ2) is 10.7. The van der Waals surface area contributed by atoms with Gasteiger partial charge in [0.1, 0.15) is 0 Å². The van der Waals surface area contributed by atoms with E-state index in [1.54, 1.807) is 0 Å². The molecule has 11 nitrogen and oxygen atoms in total. The Morgan fingerprint density at radius 2 is 0.750 bits per heavy atom. The maximum atomic E-state index is 9.32. The van der Waals surface area contributed by atoms with Crippen LogP contribution < -0.4 is 34.3 Å². The van der Waals surface area contributed by atoms with Crippen molar-refractivity contribution >= 4 is 98.9 Å². The minimum absolute atomic E-state index is 0. The van der Waals surface area contributed by atoms with Crippen LogP contribution in [0.25, 0.3) is 0 Å². The molecule has 0 aliphatic carbocycles. The zero-order valence-electron chi connectivity index (χ0n) is 7.25. The smallest absolute Gasteiger partial charge is 0.822 e. The Hall–Kier alpha value is 2.89. The van der Waals surface area contributed by atoms with Crippen LogP contribution >= 0.6 is 23.5 Å². The Kier molecular flexibility index (Phi) is 18.2. The molecule has 0 aliphatic rings. The van der Waals surface area contributed by atoms with Crippen LogP contribution in [-0.4, -0.2) is 75.5 Å². The summed E-state index contributed by atoms with van der Waals surface area (Å²) in [6.07, 6.45) is 0. The van der Waals surface area contributed by atoms with Crippen molar-refractivity contribution in [2.75, 3.05) is 0 Å². The molecule has 0 saturated carbocycles. The summed E-state index contributed by atoms with van der Waals surface area (Å²) in [6, 6.07) is 0. The molecule has 0 fully saturated rings. The van der Waals surface area contributed by atoms with E-state index in [1.807, 2.05) is 0 Å². The van der Waals surface area contributed by atoms with Crippen LogP contribution in [0.5, 0.6) is 0 Å². The van der Waals surface area contributed by atoms with E-state index >= 15 is 0 Å². The maximum absolute atomic E-state index is 9.32. The van der Waals surface area contributed by atoms with Gasteiger partial charge in [0.05, 0.1) is 15.6 Å². The molecule has 0 rings (SSSR count). The van der Waals surface area contributed by atoms with Gasteiger partial charge in [-0.3, -0.25) is 0 Å². The van der Waals surface area contributed by atoms with Gasteiger partial charge in [-0.15, -0.1) is 0 Å². The van der Waals surface area contributed by atoms with Gasteiger partial charge in [0.2, 0.25) is 0 Å². The van der Waals surface area contributed by atoms with E-state index in [9.17, 15) is 28.7 Å². The normalized spacial score (nSPS) is 11.4. The summed E-state index contributed by atoms with van der Waals surface area (Å²) in [5, 5.41) is 0. The molecular formula is Ca2O11P3-3. The third-order valence-electron chi connectivity index (χ3n) is 0.200. The van der Waals surface area contributed by atoms with Gasteiger partial charge >= 0.3 is 75.5 Å². The van der Waals surface area contributed by atoms with Gasteiger partial charge in [0.25, 0.3) is 0 Å². The van der Waals surface area contributed by atoms with E-state index in [-0.39, 0.29) is 75.5 Å². The second-order valence-corrected chi connectivity index (χ2v) is 4.76. The van der Waals surface area contributed by atoms with Gasteiger partial charge in [-0.05, 0) is 0 Å². The van der Waals surface area contributed by atoms with Crippen molar-refractivity contribution in [3.8, 4) is 0 Å². The van der Waals surface area contributed by atoms with E-state index in [4.69, 9.17) is 19.2 Å². The Labute approximate surface area is 149 Å². The summed E-state index contributed by atoms with van der Waals surface area (Å²) < 4.78 is 29.7. The van der Waals surface area contributed by atoms with E-state index in [0.717, 1.165) is 0 Å². The first-order valence-corrected chi connectivity index (χ1v) is 6.57. The van der Waals surface area contributed by atoms with E-state index in [2.05, 4.69) is 4.31 Å². The molecule has 0 spiro atoms. The minimum atomic E-state index is -5.68. The predicted molar refractivity (Wildman–Crippen MR) is 35.4 cm³/mol. The quantitative estimate of drug-likeness (QED) is 0.336. The fourth-order valence-electron chi connectivity index (χ4n) is 0.122. The summed E-state index contributed by atoms with van der Waals surface area (Å²) in [6.45, 7) is 0. The first-order valence-electron chi connectivity index (χ1n) is 2.19. The monoisotopic (exact) mass is 349 g/mol. The van der Waals surface area contributed by atoms with Crippen LogP contribution in [-0.2, 0) is 18.0 Å². The van der Waals surface area contributed by atoms with Crippen molar-refractivity contribution in [3.63, 3.8) is 0 Å². The fraction of sp³-hybridized carbons (Fsp3) is 0. The maximum Gasteiger partial charge on any atom is 2.00 e. The Morgan fingerprint density at radius 1 is 0.625 bits per heavy atom. The average molecular weight is 349 g/mol. The van der Waals surface area contributed by atoms with Crippen molar-refractivity contribution in [1.29, 1.82) is 0 Å². The van der Waals surface area contributed by atoms with Gasteiger partial charge in [-0.1, -0.05) is 0 Å². The van der Waals surface area contributed by atoms with Gasteiger partial charge in [-0.2, -0.15) is 7.82 Å². The van der Waals surface area contributed by atoms with Crippen LogP contribution in [0.1, 0.15) is 0 Å². The molecule has 0 bridgehead atoms. The summed E-state index contributed by atoms with van der Waals surface area (Å²) in [5.74, 6) is 0. The molecule has 0 amide bonds. The molecule has 0 heterocycles. The Balaban J connectivity index is -0.0000000904. The summed E-state index contributed by atoms with van der Waals surface area (Å²) in [7, 11) is -16.7. The third-order valence-corrected chi connectivity index (χ3v) is 1.80. The van der Waals surface area contributed by atoms with Crippen LogP contribution in [0.4, 0.5) is 0 Å². The average Bonchev–Trinajstić information content (AvgIpc) is 1.42. The van der Waals surface area contributed by atoms with Crippen LogP contribution in [0.2, 0.25) is 0 Å². The zero-order chi connectivity index (χ0) is 12.2. The molecule has 0 aliphatic heterocycles. The van der Waals surface area contributed by atoms with Crippen molar-refractivity contribution in [3.05, 3.63) is 0 Å². The van der Waals surface area contributed by atoms with Gasteiger partial charge in [0, 0.05) is 0 Å². The largest absolute Gasteiger partial charge is 2.00 e. The first-order chi connectivity index (χ1) is 5.71. The third kappa shape index (κ3) is 54.0. The summed E-state index contributed by atoms with van der Waals surface area (Å²) in [5.41, 5.74) is 0. The Morgan fingerprint density at radius 3 is 0.750 bits per heavy atom. The fourth-order valence-corrected chi connectivity index (χ4v) is 1.10.